The molecule has 31 heavy (non-hydrogen) atoms. The van der Waals surface area contributed by atoms with Gasteiger partial charge in [-0.25, -0.2) is 0 Å². The lowest BCUT2D eigenvalue weighted by Crippen LogP contribution is -2.47. The second-order valence-electron chi connectivity index (χ2n) is 8.83. The van der Waals surface area contributed by atoms with Gasteiger partial charge in [0.25, 0.3) is 0 Å². The van der Waals surface area contributed by atoms with E-state index in [9.17, 15) is 9.90 Å². The Kier molecular flexibility index (Phi) is 5.83. The number of likely N-dealkylation sites (tertiary alicyclic amines) is 1. The Morgan fingerprint density at radius 3 is 2.58 bits per heavy atom. The van der Waals surface area contributed by atoms with E-state index in [1.54, 1.807) is 0 Å². The number of carbonyl (C=O) groups is 1. The highest BCUT2D eigenvalue weighted by Crippen LogP contribution is 2.47. The van der Waals surface area contributed by atoms with Crippen LogP contribution in [0.2, 0.25) is 0 Å². The fraction of sp³-hybridized carbons (Fsp3) is 0.480. The second-order valence-corrected chi connectivity index (χ2v) is 8.83. The van der Waals surface area contributed by atoms with Crippen molar-refractivity contribution >= 4 is 5.91 Å². The fourth-order valence-corrected chi connectivity index (χ4v) is 4.79. The van der Waals surface area contributed by atoms with E-state index in [-0.39, 0.29) is 23.8 Å². The van der Waals surface area contributed by atoms with Gasteiger partial charge in [0.2, 0.25) is 5.91 Å². The van der Waals surface area contributed by atoms with Crippen molar-refractivity contribution in [1.29, 1.82) is 0 Å². The Labute approximate surface area is 183 Å². The molecular formula is C25H30N2O4. The van der Waals surface area contributed by atoms with Gasteiger partial charge in [0, 0.05) is 12.5 Å². The van der Waals surface area contributed by atoms with Crippen LogP contribution in [0.15, 0.2) is 48.5 Å². The molecule has 2 aromatic rings. The van der Waals surface area contributed by atoms with Crippen molar-refractivity contribution in [3.05, 3.63) is 59.7 Å². The maximum atomic E-state index is 13.1. The molecule has 1 amide bonds. The fourth-order valence-electron chi connectivity index (χ4n) is 4.79. The van der Waals surface area contributed by atoms with Gasteiger partial charge < -0.3 is 24.8 Å². The largest absolute Gasteiger partial charge is 0.486 e. The summed E-state index contributed by atoms with van der Waals surface area (Å²) in [4.78, 5) is 15.4. The van der Waals surface area contributed by atoms with Crippen LogP contribution in [0.1, 0.15) is 42.4 Å². The number of hydrogen-bond acceptors (Lipinski definition) is 5. The highest BCUT2D eigenvalue weighted by molar-refractivity contribution is 5.83. The summed E-state index contributed by atoms with van der Waals surface area (Å²) in [6.07, 6.45) is 2.39. The predicted molar refractivity (Wildman–Crippen MR) is 117 cm³/mol. The molecule has 1 aliphatic carbocycles. The van der Waals surface area contributed by atoms with Crippen molar-refractivity contribution in [1.82, 2.24) is 10.2 Å². The van der Waals surface area contributed by atoms with Gasteiger partial charge >= 0.3 is 0 Å². The van der Waals surface area contributed by atoms with Gasteiger partial charge in [-0.3, -0.25) is 4.79 Å². The van der Waals surface area contributed by atoms with Crippen molar-refractivity contribution in [2.24, 2.45) is 5.92 Å². The quantitative estimate of drug-likeness (QED) is 0.718. The number of hydrogen-bond donors (Lipinski definition) is 2. The third-order valence-electron chi connectivity index (χ3n) is 6.63. The summed E-state index contributed by atoms with van der Waals surface area (Å²) in [5.74, 6) is 1.65. The summed E-state index contributed by atoms with van der Waals surface area (Å²) >= 11 is 0. The number of carbonyl (C=O) groups excluding carboxylic acids is 1. The molecule has 6 nitrogen and oxygen atoms in total. The Bertz CT molecular complexity index is 913. The molecule has 2 fully saturated rings. The summed E-state index contributed by atoms with van der Waals surface area (Å²) in [5, 5.41) is 14.4. The van der Waals surface area contributed by atoms with Crippen LogP contribution in [0, 0.1) is 5.92 Å². The molecule has 3 aliphatic rings. The SMILES string of the molecule is O=C(NC(CN1CCCC1)C(O)c1ccc2c(c1)OCCO2)[C@@H]1C[C@H]1c1ccccc1. The Morgan fingerprint density at radius 2 is 1.81 bits per heavy atom. The molecule has 5 rings (SSSR count). The third-order valence-corrected chi connectivity index (χ3v) is 6.63. The molecule has 0 aromatic heterocycles. The van der Waals surface area contributed by atoms with Crippen LogP contribution in [0.5, 0.6) is 11.5 Å². The Morgan fingerprint density at radius 1 is 1.06 bits per heavy atom. The lowest BCUT2D eigenvalue weighted by atomic mass is 10.0. The van der Waals surface area contributed by atoms with Crippen molar-refractivity contribution < 1.29 is 19.4 Å². The molecule has 2 heterocycles. The summed E-state index contributed by atoms with van der Waals surface area (Å²) in [6, 6.07) is 15.4. The van der Waals surface area contributed by atoms with Gasteiger partial charge in [-0.05, 0) is 61.5 Å². The molecule has 6 heteroatoms. The first-order valence-electron chi connectivity index (χ1n) is 11.3. The Balaban J connectivity index is 1.30. The number of ether oxygens (including phenoxy) is 2. The molecule has 164 valence electrons. The smallest absolute Gasteiger partial charge is 0.224 e. The summed E-state index contributed by atoms with van der Waals surface area (Å²) < 4.78 is 11.3. The van der Waals surface area contributed by atoms with E-state index in [2.05, 4.69) is 22.3 Å². The van der Waals surface area contributed by atoms with Gasteiger partial charge in [0.15, 0.2) is 11.5 Å². The van der Waals surface area contributed by atoms with E-state index < -0.39 is 6.10 Å². The number of rotatable bonds is 7. The standard InChI is InChI=1S/C25H30N2O4/c28-24(18-8-9-22-23(14-18)31-13-12-30-22)21(16-27-10-4-5-11-27)26-25(29)20-15-19(20)17-6-2-1-3-7-17/h1-3,6-9,14,19-21,24,28H,4-5,10-13,15-16H2,(H,26,29)/t19-,20+,21?,24?/m0/s1. The first kappa shape index (κ1) is 20.3. The zero-order valence-corrected chi connectivity index (χ0v) is 17.7. The van der Waals surface area contributed by atoms with Gasteiger partial charge in [-0.1, -0.05) is 36.4 Å². The first-order valence-corrected chi connectivity index (χ1v) is 11.3. The number of benzene rings is 2. The second kappa shape index (κ2) is 8.89. The van der Waals surface area contributed by atoms with Crippen LogP contribution in [0.3, 0.4) is 0 Å². The van der Waals surface area contributed by atoms with E-state index in [0.717, 1.165) is 25.1 Å². The van der Waals surface area contributed by atoms with Crippen LogP contribution in [-0.4, -0.2) is 54.8 Å². The third kappa shape index (κ3) is 4.55. The highest BCUT2D eigenvalue weighted by atomic mass is 16.6. The number of nitrogens with one attached hydrogen (secondary N) is 1. The van der Waals surface area contributed by atoms with E-state index in [1.165, 1.54) is 18.4 Å². The molecular weight excluding hydrogens is 392 g/mol. The van der Waals surface area contributed by atoms with Gasteiger partial charge in [-0.15, -0.1) is 0 Å². The van der Waals surface area contributed by atoms with Gasteiger partial charge in [-0.2, -0.15) is 0 Å². The molecule has 2 unspecified atom stereocenters. The van der Waals surface area contributed by atoms with Crippen LogP contribution in [0.25, 0.3) is 0 Å². The van der Waals surface area contributed by atoms with Crippen molar-refractivity contribution in [3.63, 3.8) is 0 Å². The number of nitrogens with zero attached hydrogens (tertiary/aromatic N) is 1. The molecule has 0 radical (unpaired) electrons. The predicted octanol–water partition coefficient (Wildman–Crippen LogP) is 2.88. The van der Waals surface area contributed by atoms with Crippen LogP contribution in [-0.2, 0) is 4.79 Å². The van der Waals surface area contributed by atoms with E-state index >= 15 is 0 Å². The van der Waals surface area contributed by atoms with Gasteiger partial charge in [0.05, 0.1) is 6.04 Å². The molecule has 4 atom stereocenters. The molecule has 0 spiro atoms. The minimum Gasteiger partial charge on any atom is -0.486 e. The molecule has 2 aliphatic heterocycles. The van der Waals surface area contributed by atoms with E-state index in [1.807, 2.05) is 36.4 Å². The minimum atomic E-state index is -0.811. The monoisotopic (exact) mass is 422 g/mol. The van der Waals surface area contributed by atoms with Crippen LogP contribution in [0.4, 0.5) is 0 Å². The van der Waals surface area contributed by atoms with Crippen molar-refractivity contribution in [3.8, 4) is 11.5 Å². The summed E-state index contributed by atoms with van der Waals surface area (Å²) in [5.41, 5.74) is 1.95. The van der Waals surface area contributed by atoms with E-state index in [4.69, 9.17) is 9.47 Å². The summed E-state index contributed by atoms with van der Waals surface area (Å²) in [6.45, 7) is 3.70. The maximum absolute atomic E-state index is 13.1. The number of amides is 1. The number of aliphatic hydroxyl groups is 1. The molecule has 1 saturated carbocycles. The first-order chi connectivity index (χ1) is 15.2. The number of aliphatic hydroxyl groups excluding tert-OH is 1. The minimum absolute atomic E-state index is 0.0176. The molecule has 2 aromatic carbocycles. The van der Waals surface area contributed by atoms with Crippen molar-refractivity contribution in [2.45, 2.75) is 37.3 Å². The van der Waals surface area contributed by atoms with Crippen LogP contribution < -0.4 is 14.8 Å². The topological polar surface area (TPSA) is 71.0 Å². The average molecular weight is 423 g/mol. The number of fused-ring (bicyclic) bond motifs is 1. The molecule has 2 N–H and O–H groups in total. The van der Waals surface area contributed by atoms with Gasteiger partial charge in [0.1, 0.15) is 19.3 Å². The summed E-state index contributed by atoms with van der Waals surface area (Å²) in [7, 11) is 0. The molecule has 0 bridgehead atoms. The average Bonchev–Trinajstić information content (AvgIpc) is 3.46. The van der Waals surface area contributed by atoms with Crippen LogP contribution >= 0.6 is 0 Å². The lowest BCUT2D eigenvalue weighted by Gasteiger charge is -2.29. The zero-order valence-electron chi connectivity index (χ0n) is 17.7. The molecule has 1 saturated heterocycles. The zero-order chi connectivity index (χ0) is 21.2. The maximum Gasteiger partial charge on any atom is 0.224 e. The highest BCUT2D eigenvalue weighted by Gasteiger charge is 2.45. The van der Waals surface area contributed by atoms with E-state index in [0.29, 0.717) is 31.3 Å². The lowest BCUT2D eigenvalue weighted by molar-refractivity contribution is -0.124. The normalized spacial score (nSPS) is 24.4. The Hall–Kier alpha value is -2.57. The van der Waals surface area contributed by atoms with Crippen molar-refractivity contribution in [2.75, 3.05) is 32.8 Å².